The van der Waals surface area contributed by atoms with E-state index >= 15 is 0 Å². The van der Waals surface area contributed by atoms with Crippen LogP contribution in [0.2, 0.25) is 0 Å². The van der Waals surface area contributed by atoms with Gasteiger partial charge in [0, 0.05) is 25.0 Å². The number of benzene rings is 1. The molecule has 4 unspecified atom stereocenters. The molecule has 2 nitrogen and oxygen atoms in total. The Morgan fingerprint density at radius 3 is 2.67 bits per heavy atom. The Balaban J connectivity index is 2.05. The number of nitrogens with zero attached hydrogens (tertiary/aromatic N) is 1. The molecule has 0 saturated carbocycles. The van der Waals surface area contributed by atoms with Crippen LogP contribution in [0.1, 0.15) is 44.5 Å². The Labute approximate surface area is 127 Å². The second-order valence-corrected chi connectivity index (χ2v) is 6.76. The number of carbonyl (C=O) groups is 1. The summed E-state index contributed by atoms with van der Waals surface area (Å²) < 4.78 is 13.7. The predicted molar refractivity (Wildman–Crippen MR) is 83.9 cm³/mol. The number of likely N-dealkylation sites (tertiary alicyclic amines) is 1. The van der Waals surface area contributed by atoms with Gasteiger partial charge in [-0.05, 0) is 37.3 Å². The van der Waals surface area contributed by atoms with Gasteiger partial charge in [0.2, 0.25) is 0 Å². The van der Waals surface area contributed by atoms with E-state index < -0.39 is 5.82 Å². The van der Waals surface area contributed by atoms with E-state index in [-0.39, 0.29) is 17.3 Å². The van der Waals surface area contributed by atoms with Gasteiger partial charge in [0.15, 0.2) is 5.78 Å². The molecule has 1 saturated heterocycles. The number of ketones is 1. The molecule has 0 spiro atoms. The molecular formula is C18H26FNO. The largest absolute Gasteiger partial charge is 0.299 e. The molecule has 0 N–H and O–H groups in total. The van der Waals surface area contributed by atoms with E-state index in [9.17, 15) is 9.18 Å². The van der Waals surface area contributed by atoms with Gasteiger partial charge in [-0.25, -0.2) is 4.39 Å². The summed E-state index contributed by atoms with van der Waals surface area (Å²) in [4.78, 5) is 14.8. The minimum atomic E-state index is -0.414. The van der Waals surface area contributed by atoms with Crippen LogP contribution in [0.25, 0.3) is 0 Å². The highest BCUT2D eigenvalue weighted by molar-refractivity contribution is 5.98. The first-order valence-electron chi connectivity index (χ1n) is 7.93. The van der Waals surface area contributed by atoms with Crippen LogP contribution in [0, 0.1) is 23.6 Å². The highest BCUT2D eigenvalue weighted by atomic mass is 19.1. The number of hydrogen-bond acceptors (Lipinski definition) is 2. The third kappa shape index (κ3) is 3.70. The van der Waals surface area contributed by atoms with Crippen molar-refractivity contribution in [2.45, 2.75) is 40.2 Å². The van der Waals surface area contributed by atoms with Gasteiger partial charge in [0.25, 0.3) is 0 Å². The van der Waals surface area contributed by atoms with Gasteiger partial charge in [-0.3, -0.25) is 9.69 Å². The molecule has 3 heteroatoms. The zero-order valence-corrected chi connectivity index (χ0v) is 13.5. The molecule has 116 valence electrons. The molecule has 0 radical (unpaired) electrons. The van der Waals surface area contributed by atoms with Crippen LogP contribution in [-0.4, -0.2) is 29.8 Å². The Kier molecular flexibility index (Phi) is 5.15. The van der Waals surface area contributed by atoms with E-state index in [0.29, 0.717) is 24.4 Å². The lowest BCUT2D eigenvalue weighted by molar-refractivity contribution is 0.0596. The second kappa shape index (κ2) is 6.69. The van der Waals surface area contributed by atoms with Crippen LogP contribution in [0.3, 0.4) is 0 Å². The molecule has 1 aromatic carbocycles. The fourth-order valence-electron chi connectivity index (χ4n) is 3.43. The normalized spacial score (nSPS) is 28.3. The van der Waals surface area contributed by atoms with Crippen LogP contribution in [0.4, 0.5) is 4.39 Å². The fraction of sp³-hybridized carbons (Fsp3) is 0.611. The SMILES string of the molecule is CC1CC(C)C(C)N(CC(C)C(=O)c2ccccc2F)C1. The maximum atomic E-state index is 13.7. The maximum Gasteiger partial charge on any atom is 0.169 e. The fourth-order valence-corrected chi connectivity index (χ4v) is 3.43. The lowest BCUT2D eigenvalue weighted by Gasteiger charge is -2.42. The number of hydrogen-bond donors (Lipinski definition) is 0. The van der Waals surface area contributed by atoms with Gasteiger partial charge in [0.1, 0.15) is 5.82 Å². The van der Waals surface area contributed by atoms with Crippen LogP contribution >= 0.6 is 0 Å². The number of Topliss-reactive ketones (excluding diaryl/α,β-unsaturated/α-hetero) is 1. The second-order valence-electron chi connectivity index (χ2n) is 6.76. The van der Waals surface area contributed by atoms with E-state index in [1.807, 2.05) is 6.92 Å². The monoisotopic (exact) mass is 291 g/mol. The molecule has 1 heterocycles. The molecule has 1 aliphatic rings. The van der Waals surface area contributed by atoms with Crippen molar-refractivity contribution in [1.82, 2.24) is 4.90 Å². The molecule has 1 fully saturated rings. The molecule has 1 aliphatic heterocycles. The summed E-state index contributed by atoms with van der Waals surface area (Å²) in [6.45, 7) is 10.4. The Morgan fingerprint density at radius 1 is 1.33 bits per heavy atom. The number of carbonyl (C=O) groups excluding carboxylic acids is 1. The topological polar surface area (TPSA) is 20.3 Å². The van der Waals surface area contributed by atoms with Crippen molar-refractivity contribution in [3.8, 4) is 0 Å². The van der Waals surface area contributed by atoms with Crippen molar-refractivity contribution in [1.29, 1.82) is 0 Å². The third-order valence-corrected chi connectivity index (χ3v) is 4.82. The first kappa shape index (κ1) is 16.2. The summed E-state index contributed by atoms with van der Waals surface area (Å²) in [5, 5.41) is 0. The Bertz CT molecular complexity index is 502. The molecule has 21 heavy (non-hydrogen) atoms. The van der Waals surface area contributed by atoms with Crippen LogP contribution in [0.15, 0.2) is 24.3 Å². The van der Waals surface area contributed by atoms with Gasteiger partial charge >= 0.3 is 0 Å². The lowest BCUT2D eigenvalue weighted by atomic mass is 9.85. The Morgan fingerprint density at radius 2 is 2.00 bits per heavy atom. The van der Waals surface area contributed by atoms with E-state index in [1.165, 1.54) is 12.5 Å². The minimum Gasteiger partial charge on any atom is -0.299 e. The molecule has 4 atom stereocenters. The molecular weight excluding hydrogens is 265 g/mol. The van der Waals surface area contributed by atoms with Crippen molar-refractivity contribution >= 4 is 5.78 Å². The maximum absolute atomic E-state index is 13.7. The zero-order chi connectivity index (χ0) is 15.6. The van der Waals surface area contributed by atoms with Crippen LogP contribution in [-0.2, 0) is 0 Å². The molecule has 1 aromatic rings. The minimum absolute atomic E-state index is 0.0915. The van der Waals surface area contributed by atoms with Crippen molar-refractivity contribution in [3.63, 3.8) is 0 Å². The average Bonchev–Trinajstić information content (AvgIpc) is 2.44. The highest BCUT2D eigenvalue weighted by Crippen LogP contribution is 2.28. The summed E-state index contributed by atoms with van der Waals surface area (Å²) >= 11 is 0. The third-order valence-electron chi connectivity index (χ3n) is 4.82. The van der Waals surface area contributed by atoms with E-state index in [4.69, 9.17) is 0 Å². The standard InChI is InChI=1S/C18H26FNO/c1-12-9-13(2)15(4)20(10-12)11-14(3)18(21)16-7-5-6-8-17(16)19/h5-8,12-15H,9-11H2,1-4H3. The smallest absolute Gasteiger partial charge is 0.169 e. The molecule has 2 rings (SSSR count). The van der Waals surface area contributed by atoms with Gasteiger partial charge in [-0.2, -0.15) is 0 Å². The first-order valence-corrected chi connectivity index (χ1v) is 7.93. The average molecular weight is 291 g/mol. The predicted octanol–water partition coefficient (Wildman–Crippen LogP) is 4.01. The summed E-state index contributed by atoms with van der Waals surface area (Å²) in [7, 11) is 0. The van der Waals surface area contributed by atoms with E-state index in [2.05, 4.69) is 25.7 Å². The molecule has 0 amide bonds. The van der Waals surface area contributed by atoms with Gasteiger partial charge in [0.05, 0.1) is 5.56 Å². The molecule has 0 aliphatic carbocycles. The summed E-state index contributed by atoms with van der Waals surface area (Å²) in [6.07, 6.45) is 1.24. The van der Waals surface area contributed by atoms with Crippen molar-refractivity contribution in [3.05, 3.63) is 35.6 Å². The number of rotatable bonds is 4. The number of piperidine rings is 1. The lowest BCUT2D eigenvalue weighted by Crippen LogP contribution is -2.48. The Hall–Kier alpha value is -1.22. The molecule has 0 aromatic heterocycles. The highest BCUT2D eigenvalue weighted by Gasteiger charge is 2.31. The van der Waals surface area contributed by atoms with E-state index in [1.54, 1.807) is 18.2 Å². The first-order chi connectivity index (χ1) is 9.90. The molecule has 0 bridgehead atoms. The van der Waals surface area contributed by atoms with E-state index in [0.717, 1.165) is 6.54 Å². The summed E-state index contributed by atoms with van der Waals surface area (Å²) in [6, 6.07) is 6.76. The van der Waals surface area contributed by atoms with Gasteiger partial charge < -0.3 is 0 Å². The van der Waals surface area contributed by atoms with Crippen molar-refractivity contribution in [2.75, 3.05) is 13.1 Å². The van der Waals surface area contributed by atoms with Gasteiger partial charge in [-0.1, -0.05) is 32.9 Å². The van der Waals surface area contributed by atoms with Crippen molar-refractivity contribution < 1.29 is 9.18 Å². The summed E-state index contributed by atoms with van der Waals surface area (Å²) in [5.41, 5.74) is 0.218. The van der Waals surface area contributed by atoms with Crippen molar-refractivity contribution in [2.24, 2.45) is 17.8 Å². The zero-order valence-electron chi connectivity index (χ0n) is 13.5. The summed E-state index contributed by atoms with van der Waals surface area (Å²) in [5.74, 6) is 0.618. The van der Waals surface area contributed by atoms with Crippen LogP contribution < -0.4 is 0 Å². The number of halogens is 1. The van der Waals surface area contributed by atoms with Gasteiger partial charge in [-0.15, -0.1) is 0 Å². The van der Waals surface area contributed by atoms with Crippen LogP contribution in [0.5, 0.6) is 0 Å². The quantitative estimate of drug-likeness (QED) is 0.781.